The molecule has 3 aromatic rings. The van der Waals surface area contributed by atoms with Crippen molar-refractivity contribution in [2.24, 2.45) is 0 Å². The third kappa shape index (κ3) is 2.39. The Labute approximate surface area is 147 Å². The largest absolute Gasteiger partial charge is 0.369 e. The molecule has 0 saturated heterocycles. The fraction of sp³-hybridized carbons (Fsp3) is 0.227. The number of rotatable bonds is 1. The number of hydrogen-bond acceptors (Lipinski definition) is 2. The predicted molar refractivity (Wildman–Crippen MR) is 102 cm³/mol. The molecule has 0 spiro atoms. The number of hydrogen-bond donors (Lipinski definition) is 1. The van der Waals surface area contributed by atoms with Crippen LogP contribution in [0.2, 0.25) is 0 Å². The van der Waals surface area contributed by atoms with E-state index in [1.54, 1.807) is 0 Å². The maximum atomic E-state index is 12.0. The summed E-state index contributed by atoms with van der Waals surface area (Å²) in [6.45, 7) is 1.80. The van der Waals surface area contributed by atoms with Crippen LogP contribution in [0, 0.1) is 0 Å². The number of para-hydroxylation sites is 1. The van der Waals surface area contributed by atoms with Crippen LogP contribution < -0.4 is 10.2 Å². The van der Waals surface area contributed by atoms with Crippen LogP contribution in [-0.4, -0.2) is 19.0 Å². The van der Waals surface area contributed by atoms with Gasteiger partial charge in [0.1, 0.15) is 0 Å². The van der Waals surface area contributed by atoms with Crippen molar-refractivity contribution in [1.29, 1.82) is 0 Å². The monoisotopic (exact) mass is 328 g/mol. The van der Waals surface area contributed by atoms with Gasteiger partial charge in [-0.3, -0.25) is 4.79 Å². The third-order valence-corrected chi connectivity index (χ3v) is 5.51. The lowest BCUT2D eigenvalue weighted by Crippen LogP contribution is -2.32. The predicted octanol–water partition coefficient (Wildman–Crippen LogP) is 4.52. The van der Waals surface area contributed by atoms with E-state index in [9.17, 15) is 4.79 Å². The molecule has 3 aromatic carbocycles. The molecule has 0 saturated carbocycles. The lowest BCUT2D eigenvalue weighted by molar-refractivity contribution is -0.115. The van der Waals surface area contributed by atoms with Crippen LogP contribution in [-0.2, 0) is 4.79 Å². The smallest absolute Gasteiger partial charge is 0.226 e. The minimum absolute atomic E-state index is 0.116. The molecule has 0 fully saturated rings. The normalized spacial score (nSPS) is 19.3. The Bertz CT molecular complexity index is 979. The molecule has 0 bridgehead atoms. The SMILES string of the molecule is O=C1CCN2CCC(c3ccc4ccccc4c3)c3cccc(c32)N1. The van der Waals surface area contributed by atoms with Gasteiger partial charge in [-0.15, -0.1) is 0 Å². The Kier molecular flexibility index (Phi) is 3.27. The molecule has 5 rings (SSSR count). The van der Waals surface area contributed by atoms with Crippen LogP contribution in [0.25, 0.3) is 10.8 Å². The fourth-order valence-corrected chi connectivity index (χ4v) is 4.29. The summed E-state index contributed by atoms with van der Waals surface area (Å²) < 4.78 is 0. The number of carbonyl (C=O) groups excluding carboxylic acids is 1. The van der Waals surface area contributed by atoms with Crippen LogP contribution in [0.15, 0.2) is 60.7 Å². The van der Waals surface area contributed by atoms with E-state index < -0.39 is 0 Å². The lowest BCUT2D eigenvalue weighted by Gasteiger charge is -2.36. The minimum Gasteiger partial charge on any atom is -0.369 e. The molecule has 1 atom stereocenters. The number of carbonyl (C=O) groups is 1. The van der Waals surface area contributed by atoms with Crippen LogP contribution in [0.5, 0.6) is 0 Å². The summed E-state index contributed by atoms with van der Waals surface area (Å²) in [7, 11) is 0. The summed E-state index contributed by atoms with van der Waals surface area (Å²) in [6.07, 6.45) is 1.65. The van der Waals surface area contributed by atoms with Crippen molar-refractivity contribution in [3.63, 3.8) is 0 Å². The molecule has 1 amide bonds. The van der Waals surface area contributed by atoms with E-state index in [0.29, 0.717) is 12.3 Å². The standard InChI is InChI=1S/C22H20N2O/c25-21-11-13-24-12-10-18(19-6-3-7-20(23-21)22(19)24)17-9-8-15-4-1-2-5-16(15)14-17/h1-9,14,18H,10-13H2,(H,23,25). The second-order valence-electron chi connectivity index (χ2n) is 6.98. The van der Waals surface area contributed by atoms with Crippen LogP contribution >= 0.6 is 0 Å². The Morgan fingerprint density at radius 3 is 2.72 bits per heavy atom. The number of amides is 1. The fourth-order valence-electron chi connectivity index (χ4n) is 4.29. The van der Waals surface area contributed by atoms with Gasteiger partial charge in [0.05, 0.1) is 11.4 Å². The van der Waals surface area contributed by atoms with Crippen LogP contribution in [0.1, 0.15) is 29.9 Å². The van der Waals surface area contributed by atoms with Gasteiger partial charge in [0.25, 0.3) is 0 Å². The lowest BCUT2D eigenvalue weighted by atomic mass is 9.83. The van der Waals surface area contributed by atoms with E-state index in [4.69, 9.17) is 0 Å². The van der Waals surface area contributed by atoms with Gasteiger partial charge >= 0.3 is 0 Å². The van der Waals surface area contributed by atoms with E-state index in [1.165, 1.54) is 27.6 Å². The van der Waals surface area contributed by atoms with Crippen LogP contribution in [0.4, 0.5) is 11.4 Å². The van der Waals surface area contributed by atoms with E-state index in [0.717, 1.165) is 25.2 Å². The molecular formula is C22H20N2O. The van der Waals surface area contributed by atoms with Crippen molar-refractivity contribution in [3.8, 4) is 0 Å². The number of nitrogens with one attached hydrogen (secondary N) is 1. The quantitative estimate of drug-likeness (QED) is 0.712. The first-order chi connectivity index (χ1) is 12.3. The summed E-state index contributed by atoms with van der Waals surface area (Å²) in [4.78, 5) is 14.4. The molecule has 3 heteroatoms. The summed E-state index contributed by atoms with van der Waals surface area (Å²) >= 11 is 0. The van der Waals surface area contributed by atoms with Gasteiger partial charge < -0.3 is 10.2 Å². The topological polar surface area (TPSA) is 32.3 Å². The molecule has 1 N–H and O–H groups in total. The average molecular weight is 328 g/mol. The first-order valence-corrected chi connectivity index (χ1v) is 8.96. The highest BCUT2D eigenvalue weighted by Gasteiger charge is 2.30. The highest BCUT2D eigenvalue weighted by atomic mass is 16.1. The van der Waals surface area contributed by atoms with Crippen molar-refractivity contribution < 1.29 is 4.79 Å². The Hall–Kier alpha value is -2.81. The maximum Gasteiger partial charge on any atom is 0.226 e. The Morgan fingerprint density at radius 1 is 0.920 bits per heavy atom. The molecule has 0 aliphatic carbocycles. The summed E-state index contributed by atoms with van der Waals surface area (Å²) in [5.41, 5.74) is 4.88. The number of anilines is 2. The first-order valence-electron chi connectivity index (χ1n) is 8.96. The second kappa shape index (κ2) is 5.62. The minimum atomic E-state index is 0.116. The summed E-state index contributed by atoms with van der Waals surface area (Å²) in [5, 5.41) is 5.65. The zero-order valence-corrected chi connectivity index (χ0v) is 14.0. The van der Waals surface area contributed by atoms with Crippen LogP contribution in [0.3, 0.4) is 0 Å². The molecule has 0 radical (unpaired) electrons. The van der Waals surface area contributed by atoms with E-state index in [1.807, 2.05) is 6.07 Å². The highest BCUT2D eigenvalue weighted by molar-refractivity contribution is 5.97. The molecular weight excluding hydrogens is 308 g/mol. The third-order valence-electron chi connectivity index (χ3n) is 5.51. The number of benzene rings is 3. The van der Waals surface area contributed by atoms with E-state index in [2.05, 4.69) is 64.8 Å². The summed E-state index contributed by atoms with van der Waals surface area (Å²) in [5.74, 6) is 0.496. The maximum absolute atomic E-state index is 12.0. The van der Waals surface area contributed by atoms with Crippen molar-refractivity contribution >= 4 is 28.1 Å². The van der Waals surface area contributed by atoms with Gasteiger partial charge in [-0.25, -0.2) is 0 Å². The van der Waals surface area contributed by atoms with E-state index >= 15 is 0 Å². The Morgan fingerprint density at radius 2 is 1.80 bits per heavy atom. The molecule has 2 aliphatic rings. The van der Waals surface area contributed by atoms with Gasteiger partial charge in [-0.2, -0.15) is 0 Å². The number of fused-ring (bicyclic) bond motifs is 1. The number of nitrogens with zero attached hydrogens (tertiary/aromatic N) is 1. The first kappa shape index (κ1) is 14.5. The van der Waals surface area contributed by atoms with Crippen molar-refractivity contribution in [2.45, 2.75) is 18.8 Å². The van der Waals surface area contributed by atoms with Gasteiger partial charge in [0.2, 0.25) is 5.91 Å². The van der Waals surface area contributed by atoms with Gasteiger partial charge in [-0.1, -0.05) is 54.6 Å². The van der Waals surface area contributed by atoms with Gasteiger partial charge in [-0.05, 0) is 34.4 Å². The molecule has 0 aromatic heterocycles. The second-order valence-corrected chi connectivity index (χ2v) is 6.98. The van der Waals surface area contributed by atoms with Crippen molar-refractivity contribution in [1.82, 2.24) is 0 Å². The molecule has 124 valence electrons. The Balaban J connectivity index is 1.64. The molecule has 3 nitrogen and oxygen atoms in total. The van der Waals surface area contributed by atoms with E-state index in [-0.39, 0.29) is 5.91 Å². The molecule has 25 heavy (non-hydrogen) atoms. The van der Waals surface area contributed by atoms with Gasteiger partial charge in [0, 0.05) is 25.4 Å². The van der Waals surface area contributed by atoms with Crippen molar-refractivity contribution in [2.75, 3.05) is 23.3 Å². The molecule has 2 aliphatic heterocycles. The zero-order chi connectivity index (χ0) is 16.8. The average Bonchev–Trinajstić information content (AvgIpc) is 2.82. The van der Waals surface area contributed by atoms with Crippen molar-refractivity contribution in [3.05, 3.63) is 71.8 Å². The molecule has 1 unspecified atom stereocenters. The highest BCUT2D eigenvalue weighted by Crippen LogP contribution is 2.44. The zero-order valence-electron chi connectivity index (χ0n) is 14.0. The molecule has 2 heterocycles. The summed E-state index contributed by atoms with van der Waals surface area (Å²) in [6, 6.07) is 21.6. The van der Waals surface area contributed by atoms with Gasteiger partial charge in [0.15, 0.2) is 0 Å².